The summed E-state index contributed by atoms with van der Waals surface area (Å²) in [5.41, 5.74) is 0. The SMILES string of the molecule is Cl.Cl.[Ti][C]1=CC=CC1.[Zr]. The second kappa shape index (κ2) is 9.66. The van der Waals surface area contributed by atoms with Crippen LogP contribution in [0.1, 0.15) is 6.42 Å². The van der Waals surface area contributed by atoms with Crippen molar-refractivity contribution in [3.8, 4) is 0 Å². The summed E-state index contributed by atoms with van der Waals surface area (Å²) in [7, 11) is 0. The quantitative estimate of drug-likeness (QED) is 0.596. The van der Waals surface area contributed by atoms with E-state index in [-0.39, 0.29) is 51.0 Å². The van der Waals surface area contributed by atoms with Gasteiger partial charge in [0.15, 0.2) is 0 Å². The molecule has 49 valence electrons. The molecule has 0 heterocycles. The smallest absolute Gasteiger partial charge is 0 e. The van der Waals surface area contributed by atoms with Crippen LogP contribution in [0.15, 0.2) is 22.1 Å². The third kappa shape index (κ3) is 7.56. The average Bonchev–Trinajstić information content (AvgIpc) is 1.86. The molecule has 0 radical (unpaired) electrons. The van der Waals surface area contributed by atoms with Crippen LogP contribution < -0.4 is 0 Å². The van der Waals surface area contributed by atoms with E-state index in [0.29, 0.717) is 0 Å². The first kappa shape index (κ1) is 17.0. The van der Waals surface area contributed by atoms with Crippen molar-refractivity contribution >= 4 is 24.8 Å². The van der Waals surface area contributed by atoms with Crippen molar-refractivity contribution in [3.05, 3.63) is 22.1 Å². The molecular formula is C5H7Cl2TiZr. The molecule has 0 saturated carbocycles. The fourth-order valence-electron chi connectivity index (χ4n) is 0.447. The van der Waals surface area contributed by atoms with E-state index in [1.807, 2.05) is 0 Å². The molecule has 0 fully saturated rings. The van der Waals surface area contributed by atoms with Gasteiger partial charge in [0.2, 0.25) is 0 Å². The van der Waals surface area contributed by atoms with Gasteiger partial charge in [-0.3, -0.25) is 0 Å². The number of halogens is 2. The van der Waals surface area contributed by atoms with Gasteiger partial charge in [0.05, 0.1) is 0 Å². The van der Waals surface area contributed by atoms with Gasteiger partial charge in [-0.1, -0.05) is 0 Å². The molecule has 1 aliphatic rings. The van der Waals surface area contributed by atoms with Crippen LogP contribution in [0.2, 0.25) is 0 Å². The van der Waals surface area contributed by atoms with E-state index in [2.05, 4.69) is 38.7 Å². The monoisotopic (exact) mass is 275 g/mol. The third-order valence-corrected chi connectivity index (χ3v) is 1.35. The molecule has 0 aromatic rings. The van der Waals surface area contributed by atoms with Crippen molar-refractivity contribution < 1.29 is 46.6 Å². The van der Waals surface area contributed by atoms with Crippen LogP contribution in [0.25, 0.3) is 0 Å². The molecule has 0 bridgehead atoms. The van der Waals surface area contributed by atoms with E-state index in [4.69, 9.17) is 0 Å². The molecule has 0 atom stereocenters. The molecule has 0 nitrogen and oxygen atoms in total. The van der Waals surface area contributed by atoms with Gasteiger partial charge in [0.25, 0.3) is 0 Å². The van der Waals surface area contributed by atoms with Gasteiger partial charge < -0.3 is 0 Å². The van der Waals surface area contributed by atoms with Gasteiger partial charge in [-0.25, -0.2) is 0 Å². The second-order valence-corrected chi connectivity index (χ2v) is 2.33. The fourth-order valence-corrected chi connectivity index (χ4v) is 0.782. The van der Waals surface area contributed by atoms with Crippen molar-refractivity contribution in [2.75, 3.05) is 0 Å². The summed E-state index contributed by atoms with van der Waals surface area (Å²) in [4.78, 5) is 0. The number of hydrogen-bond acceptors (Lipinski definition) is 0. The molecule has 0 N–H and O–H groups in total. The van der Waals surface area contributed by atoms with Crippen LogP contribution in [0.3, 0.4) is 0 Å². The zero-order chi connectivity index (χ0) is 4.41. The standard InChI is InChI=1S/C5H5.2ClH.Ti.Zr/c1-2-4-5-3-1;;;;/h1-3H,4H2;2*1H;;. The summed E-state index contributed by atoms with van der Waals surface area (Å²) in [6, 6.07) is 0. The van der Waals surface area contributed by atoms with Crippen molar-refractivity contribution in [1.29, 1.82) is 0 Å². The molecule has 0 aromatic carbocycles. The van der Waals surface area contributed by atoms with Crippen LogP contribution in [-0.2, 0) is 46.6 Å². The Bertz CT molecular complexity index is 112. The Morgan fingerprint density at radius 3 is 2.00 bits per heavy atom. The molecule has 1 aliphatic carbocycles. The molecule has 0 unspecified atom stereocenters. The average molecular weight is 277 g/mol. The maximum Gasteiger partial charge on any atom is 0 e. The van der Waals surface area contributed by atoms with Gasteiger partial charge in [-0.05, 0) is 0 Å². The molecule has 0 saturated heterocycles. The molecule has 0 aromatic heterocycles. The number of allylic oxidation sites excluding steroid dienone is 4. The molecule has 0 spiro atoms. The summed E-state index contributed by atoms with van der Waals surface area (Å²) in [6.45, 7) is 0. The topological polar surface area (TPSA) is 0 Å². The van der Waals surface area contributed by atoms with E-state index >= 15 is 0 Å². The van der Waals surface area contributed by atoms with Gasteiger partial charge in [0.1, 0.15) is 0 Å². The van der Waals surface area contributed by atoms with Gasteiger partial charge >= 0.3 is 49.0 Å². The zero-order valence-corrected chi connectivity index (χ0v) is 10.4. The maximum absolute atomic E-state index is 2.16. The van der Waals surface area contributed by atoms with E-state index in [1.54, 1.807) is 0 Å². The number of rotatable bonds is 0. The molecule has 9 heavy (non-hydrogen) atoms. The van der Waals surface area contributed by atoms with Gasteiger partial charge in [0, 0.05) is 26.2 Å². The fraction of sp³-hybridized carbons (Fsp3) is 0.200. The van der Waals surface area contributed by atoms with E-state index < -0.39 is 0 Å². The number of hydrogen-bond donors (Lipinski definition) is 0. The van der Waals surface area contributed by atoms with E-state index in [9.17, 15) is 0 Å². The summed E-state index contributed by atoms with van der Waals surface area (Å²) in [6.07, 6.45) is 7.56. The first-order valence-corrected chi connectivity index (χ1v) is 2.75. The molecule has 4 heteroatoms. The van der Waals surface area contributed by atoms with Crippen LogP contribution >= 0.6 is 24.8 Å². The Hall–Kier alpha value is 1.66. The predicted octanol–water partition coefficient (Wildman–Crippen LogP) is 2.22. The Morgan fingerprint density at radius 1 is 1.33 bits per heavy atom. The van der Waals surface area contributed by atoms with Gasteiger partial charge in [-0.2, -0.15) is 0 Å². The van der Waals surface area contributed by atoms with Crippen molar-refractivity contribution in [3.63, 3.8) is 0 Å². The van der Waals surface area contributed by atoms with E-state index in [1.165, 1.54) is 10.3 Å². The van der Waals surface area contributed by atoms with Crippen molar-refractivity contribution in [2.45, 2.75) is 6.42 Å². The minimum atomic E-state index is 0. The third-order valence-electron chi connectivity index (χ3n) is 0.771. The Kier molecular flexibility index (Phi) is 18.2. The van der Waals surface area contributed by atoms with Gasteiger partial charge in [-0.15, -0.1) is 24.8 Å². The maximum atomic E-state index is 2.16. The van der Waals surface area contributed by atoms with Crippen LogP contribution in [0.4, 0.5) is 0 Å². The van der Waals surface area contributed by atoms with E-state index in [0.717, 1.165) is 0 Å². The minimum absolute atomic E-state index is 0. The summed E-state index contributed by atoms with van der Waals surface area (Å²) in [5, 5.41) is 0. The van der Waals surface area contributed by atoms with Crippen LogP contribution in [0, 0.1) is 0 Å². The first-order valence-electron chi connectivity index (χ1n) is 1.97. The molecule has 0 amide bonds. The predicted molar refractivity (Wildman–Crippen MR) is 36.3 cm³/mol. The second-order valence-electron chi connectivity index (χ2n) is 1.32. The first-order chi connectivity index (χ1) is 2.89. The molecule has 1 rings (SSSR count). The summed E-state index contributed by atoms with van der Waals surface area (Å²) in [5.74, 6) is 0. The minimum Gasteiger partial charge on any atom is 0 e. The normalized spacial score (nSPS) is 12.1. The Balaban J connectivity index is -0.000000120. The van der Waals surface area contributed by atoms with Crippen LogP contribution in [0.5, 0.6) is 0 Å². The summed E-state index contributed by atoms with van der Waals surface area (Å²) >= 11 is 2.14. The molecule has 0 aliphatic heterocycles. The summed E-state index contributed by atoms with van der Waals surface area (Å²) < 4.78 is 1.47. The van der Waals surface area contributed by atoms with Crippen molar-refractivity contribution in [2.24, 2.45) is 0 Å². The Morgan fingerprint density at radius 2 is 1.89 bits per heavy atom. The Labute approximate surface area is 98.9 Å². The van der Waals surface area contributed by atoms with Crippen molar-refractivity contribution in [1.82, 2.24) is 0 Å². The zero-order valence-electron chi connectivity index (χ0n) is 4.76. The largest absolute Gasteiger partial charge is 0 e. The molecular weight excluding hydrogens is 270 g/mol. The van der Waals surface area contributed by atoms with Crippen LogP contribution in [-0.4, -0.2) is 0 Å².